The van der Waals surface area contributed by atoms with Crippen molar-refractivity contribution in [2.24, 2.45) is 5.41 Å². The van der Waals surface area contributed by atoms with Crippen molar-refractivity contribution in [1.29, 1.82) is 0 Å². The molecule has 0 amide bonds. The smallest absolute Gasteiger partial charge is 0.0158 e. The summed E-state index contributed by atoms with van der Waals surface area (Å²) in [6.45, 7) is 4.86. The summed E-state index contributed by atoms with van der Waals surface area (Å²) in [5.74, 6) is 0. The Morgan fingerprint density at radius 3 is 2.07 bits per heavy atom. The van der Waals surface area contributed by atoms with Crippen molar-refractivity contribution in [3.8, 4) is 0 Å². The van der Waals surface area contributed by atoms with E-state index >= 15 is 0 Å². The molecular weight excluding hydrogens is 184 g/mol. The number of hydrogen-bond acceptors (Lipinski definition) is 2. The highest BCUT2D eigenvalue weighted by atomic mass is 15.3. The maximum Gasteiger partial charge on any atom is 0.0158 e. The van der Waals surface area contributed by atoms with Crippen LogP contribution >= 0.6 is 0 Å². The van der Waals surface area contributed by atoms with Crippen LogP contribution in [0, 0.1) is 5.41 Å². The van der Waals surface area contributed by atoms with E-state index in [0.717, 1.165) is 24.2 Å². The highest BCUT2D eigenvalue weighted by Crippen LogP contribution is 2.54. The number of hydrogen-bond donors (Lipinski definition) is 1. The van der Waals surface area contributed by atoms with Gasteiger partial charge < -0.3 is 5.32 Å². The van der Waals surface area contributed by atoms with E-state index in [0.29, 0.717) is 5.41 Å². The average molecular weight is 208 g/mol. The van der Waals surface area contributed by atoms with Crippen LogP contribution in [0.5, 0.6) is 0 Å². The first-order valence-electron chi connectivity index (χ1n) is 6.56. The van der Waals surface area contributed by atoms with Gasteiger partial charge in [-0.25, -0.2) is 0 Å². The summed E-state index contributed by atoms with van der Waals surface area (Å²) >= 11 is 0. The van der Waals surface area contributed by atoms with E-state index in [1.165, 1.54) is 32.1 Å². The average Bonchev–Trinajstić information content (AvgIpc) is 2.75. The molecule has 3 unspecified atom stereocenters. The molecule has 1 aliphatic carbocycles. The third kappa shape index (κ3) is 1.53. The zero-order chi connectivity index (χ0) is 10.6. The monoisotopic (exact) mass is 208 g/mol. The van der Waals surface area contributed by atoms with Crippen LogP contribution in [0.3, 0.4) is 0 Å². The van der Waals surface area contributed by atoms with Gasteiger partial charge in [0.2, 0.25) is 0 Å². The lowest BCUT2D eigenvalue weighted by atomic mass is 9.96. The van der Waals surface area contributed by atoms with Crippen LogP contribution in [0.15, 0.2) is 0 Å². The van der Waals surface area contributed by atoms with Gasteiger partial charge in [0.15, 0.2) is 0 Å². The molecule has 2 bridgehead atoms. The van der Waals surface area contributed by atoms with Gasteiger partial charge in [-0.1, -0.05) is 13.8 Å². The van der Waals surface area contributed by atoms with Gasteiger partial charge in [0, 0.05) is 24.2 Å². The predicted octanol–water partition coefficient (Wildman–Crippen LogP) is 2.00. The first-order valence-corrected chi connectivity index (χ1v) is 6.56. The Balaban J connectivity index is 1.72. The van der Waals surface area contributed by atoms with Gasteiger partial charge in [-0.2, -0.15) is 0 Å². The molecule has 1 saturated carbocycles. The Morgan fingerprint density at radius 1 is 1.13 bits per heavy atom. The van der Waals surface area contributed by atoms with E-state index in [-0.39, 0.29) is 0 Å². The number of piperidine rings is 1. The summed E-state index contributed by atoms with van der Waals surface area (Å²) in [6.07, 6.45) is 7.12. The molecule has 2 heteroatoms. The molecule has 3 aliphatic rings. The first-order chi connectivity index (χ1) is 7.12. The largest absolute Gasteiger partial charge is 0.317 e. The molecule has 2 aliphatic heterocycles. The Morgan fingerprint density at radius 2 is 1.67 bits per heavy atom. The number of fused-ring (bicyclic) bond motifs is 2. The van der Waals surface area contributed by atoms with Crippen molar-refractivity contribution >= 4 is 0 Å². The zero-order valence-corrected chi connectivity index (χ0v) is 10.3. The zero-order valence-electron chi connectivity index (χ0n) is 10.3. The van der Waals surface area contributed by atoms with Gasteiger partial charge in [0.25, 0.3) is 0 Å². The molecule has 1 N–H and O–H groups in total. The minimum absolute atomic E-state index is 0.618. The van der Waals surface area contributed by atoms with Gasteiger partial charge in [-0.15, -0.1) is 0 Å². The third-order valence-electron chi connectivity index (χ3n) is 5.02. The SMILES string of the molecule is CNC1CC2CCC(C1)N2C1CC1(C)C. The van der Waals surface area contributed by atoms with Crippen molar-refractivity contribution in [1.82, 2.24) is 10.2 Å². The van der Waals surface area contributed by atoms with Crippen molar-refractivity contribution in [3.05, 3.63) is 0 Å². The molecule has 2 saturated heterocycles. The summed E-state index contributed by atoms with van der Waals surface area (Å²) in [5, 5.41) is 3.48. The van der Waals surface area contributed by atoms with Gasteiger partial charge in [-0.3, -0.25) is 4.90 Å². The number of rotatable bonds is 2. The first kappa shape index (κ1) is 10.1. The van der Waals surface area contributed by atoms with E-state index in [1.807, 2.05) is 0 Å². The normalized spacial score (nSPS) is 48.2. The van der Waals surface area contributed by atoms with Gasteiger partial charge >= 0.3 is 0 Å². The van der Waals surface area contributed by atoms with Crippen molar-refractivity contribution in [3.63, 3.8) is 0 Å². The Hall–Kier alpha value is -0.0800. The van der Waals surface area contributed by atoms with Crippen molar-refractivity contribution in [2.45, 2.75) is 70.1 Å². The van der Waals surface area contributed by atoms with E-state index < -0.39 is 0 Å². The second-order valence-corrected chi connectivity index (χ2v) is 6.50. The molecule has 3 fully saturated rings. The molecule has 3 rings (SSSR count). The molecule has 3 atom stereocenters. The Bertz CT molecular complexity index is 247. The van der Waals surface area contributed by atoms with E-state index in [4.69, 9.17) is 0 Å². The fourth-order valence-corrected chi connectivity index (χ4v) is 3.91. The molecule has 0 aromatic rings. The predicted molar refractivity (Wildman–Crippen MR) is 62.9 cm³/mol. The molecule has 0 spiro atoms. The van der Waals surface area contributed by atoms with E-state index in [9.17, 15) is 0 Å². The lowest BCUT2D eigenvalue weighted by Crippen LogP contribution is -2.50. The molecule has 2 heterocycles. The maximum absolute atomic E-state index is 3.48. The molecule has 2 nitrogen and oxygen atoms in total. The molecular formula is C13H24N2. The van der Waals surface area contributed by atoms with Crippen LogP contribution in [0.2, 0.25) is 0 Å². The third-order valence-corrected chi connectivity index (χ3v) is 5.02. The summed E-state index contributed by atoms with van der Waals surface area (Å²) in [4.78, 5) is 2.88. The highest BCUT2D eigenvalue weighted by Gasteiger charge is 2.55. The van der Waals surface area contributed by atoms with Crippen LogP contribution in [-0.4, -0.2) is 36.1 Å². The van der Waals surface area contributed by atoms with Crippen LogP contribution in [0.1, 0.15) is 46.0 Å². The van der Waals surface area contributed by atoms with Crippen LogP contribution in [0.25, 0.3) is 0 Å². The number of nitrogens with zero attached hydrogens (tertiary/aromatic N) is 1. The van der Waals surface area contributed by atoms with E-state index in [1.54, 1.807) is 0 Å². The summed E-state index contributed by atoms with van der Waals surface area (Å²) in [6, 6.07) is 3.49. The quantitative estimate of drug-likeness (QED) is 0.746. The standard InChI is InChI=1S/C13H24N2/c1-13(2)8-12(13)15-10-4-5-11(15)7-9(6-10)14-3/h9-12,14H,4-8H2,1-3H3. The molecule has 15 heavy (non-hydrogen) atoms. The Kier molecular flexibility index (Phi) is 2.16. The molecule has 0 radical (unpaired) electrons. The van der Waals surface area contributed by atoms with E-state index in [2.05, 4.69) is 31.1 Å². The summed E-state index contributed by atoms with van der Waals surface area (Å²) < 4.78 is 0. The minimum Gasteiger partial charge on any atom is -0.317 e. The maximum atomic E-state index is 3.48. The lowest BCUT2D eigenvalue weighted by Gasteiger charge is -2.40. The van der Waals surface area contributed by atoms with Crippen LogP contribution in [0.4, 0.5) is 0 Å². The van der Waals surface area contributed by atoms with Gasteiger partial charge in [0.1, 0.15) is 0 Å². The second kappa shape index (κ2) is 3.21. The topological polar surface area (TPSA) is 15.3 Å². The van der Waals surface area contributed by atoms with Gasteiger partial charge in [-0.05, 0) is 44.6 Å². The fraction of sp³-hybridized carbons (Fsp3) is 1.00. The summed E-state index contributed by atoms with van der Waals surface area (Å²) in [7, 11) is 2.13. The van der Waals surface area contributed by atoms with Crippen molar-refractivity contribution < 1.29 is 0 Å². The highest BCUT2D eigenvalue weighted by molar-refractivity contribution is 5.10. The minimum atomic E-state index is 0.618. The van der Waals surface area contributed by atoms with Crippen LogP contribution < -0.4 is 5.32 Å². The summed E-state index contributed by atoms with van der Waals surface area (Å²) in [5.41, 5.74) is 0.618. The molecule has 0 aromatic heterocycles. The van der Waals surface area contributed by atoms with Crippen LogP contribution in [-0.2, 0) is 0 Å². The van der Waals surface area contributed by atoms with Gasteiger partial charge in [0.05, 0.1) is 0 Å². The Labute approximate surface area is 93.4 Å². The lowest BCUT2D eigenvalue weighted by molar-refractivity contribution is 0.0975. The molecule has 86 valence electrons. The van der Waals surface area contributed by atoms with Crippen molar-refractivity contribution in [2.75, 3.05) is 7.05 Å². The molecule has 0 aromatic carbocycles. The number of nitrogens with one attached hydrogen (secondary N) is 1. The fourth-order valence-electron chi connectivity index (χ4n) is 3.91. The second-order valence-electron chi connectivity index (χ2n) is 6.50.